The number of alkyl carbamates (subject to hydrolysis) is 1. The molecule has 25 heavy (non-hydrogen) atoms. The second-order valence-electron chi connectivity index (χ2n) is 8.32. The first kappa shape index (κ1) is 19.7. The first-order valence-corrected chi connectivity index (χ1v) is 9.01. The number of aliphatic hydroxyl groups excluding tert-OH is 1. The number of aliphatic hydroxyl groups is 1. The van der Waals surface area contributed by atoms with Crippen LogP contribution in [0, 0.1) is 0 Å². The van der Waals surface area contributed by atoms with E-state index in [2.05, 4.69) is 24.2 Å². The molecule has 5 heteroatoms. The zero-order valence-electron chi connectivity index (χ0n) is 16.3. The molecule has 0 radical (unpaired) electrons. The summed E-state index contributed by atoms with van der Waals surface area (Å²) in [7, 11) is 2.07. The molecule has 1 heterocycles. The van der Waals surface area contributed by atoms with Crippen molar-refractivity contribution in [2.45, 2.75) is 70.7 Å². The summed E-state index contributed by atoms with van der Waals surface area (Å²) in [4.78, 5) is 14.1. The van der Waals surface area contributed by atoms with Crippen molar-refractivity contribution >= 4 is 6.09 Å². The summed E-state index contributed by atoms with van der Waals surface area (Å²) < 4.78 is 5.29. The number of carbonyl (C=O) groups excluding carboxylic acids is 1. The molecule has 1 fully saturated rings. The highest BCUT2D eigenvalue weighted by Gasteiger charge is 2.41. The van der Waals surface area contributed by atoms with Gasteiger partial charge in [0.15, 0.2) is 0 Å². The van der Waals surface area contributed by atoms with Crippen LogP contribution in [0.5, 0.6) is 0 Å². The summed E-state index contributed by atoms with van der Waals surface area (Å²) in [6, 6.07) is 7.65. The Morgan fingerprint density at radius 1 is 1.28 bits per heavy atom. The van der Waals surface area contributed by atoms with Gasteiger partial charge in [-0.15, -0.1) is 0 Å². The minimum Gasteiger partial charge on any atom is -0.444 e. The third-order valence-electron chi connectivity index (χ3n) is 5.12. The summed E-state index contributed by atoms with van der Waals surface area (Å²) in [5, 5.41) is 13.7. The van der Waals surface area contributed by atoms with Gasteiger partial charge in [-0.3, -0.25) is 4.90 Å². The van der Waals surface area contributed by atoms with E-state index in [0.717, 1.165) is 30.5 Å². The molecular formula is C20H32N2O3. The zero-order chi connectivity index (χ0) is 18.8. The number of hydrogen-bond donors (Lipinski definition) is 2. The highest BCUT2D eigenvalue weighted by Crippen LogP contribution is 2.38. The van der Waals surface area contributed by atoms with Crippen molar-refractivity contribution in [2.24, 2.45) is 0 Å². The van der Waals surface area contributed by atoms with Crippen LogP contribution in [0.2, 0.25) is 0 Å². The van der Waals surface area contributed by atoms with E-state index in [4.69, 9.17) is 4.74 Å². The maximum absolute atomic E-state index is 11.9. The molecule has 0 aromatic heterocycles. The number of likely N-dealkylation sites (N-methyl/N-ethyl adjacent to an activating group) is 1. The lowest BCUT2D eigenvalue weighted by Gasteiger charge is -2.37. The van der Waals surface area contributed by atoms with Gasteiger partial charge in [-0.25, -0.2) is 4.79 Å². The number of benzene rings is 1. The Morgan fingerprint density at radius 2 is 1.84 bits per heavy atom. The molecule has 2 N–H and O–H groups in total. The molecule has 0 bridgehead atoms. The standard InChI is InChI=1S/C20H32N2O3/c1-14(21-18(24)25-19(2,3)4)15-8-10-16(11-9-15)17(23)20(5)12-7-13-22(20)6/h8-11,14,17,23H,7,12-13H2,1-6H3,(H,21,24)/t14-,17?,20-/m0/s1. The summed E-state index contributed by atoms with van der Waals surface area (Å²) in [6.45, 7) is 10.6. The topological polar surface area (TPSA) is 61.8 Å². The van der Waals surface area contributed by atoms with Gasteiger partial charge in [0, 0.05) is 5.54 Å². The average Bonchev–Trinajstić information content (AvgIpc) is 2.85. The lowest BCUT2D eigenvalue weighted by molar-refractivity contribution is 0.0158. The molecule has 1 aromatic rings. The van der Waals surface area contributed by atoms with Crippen LogP contribution in [0.3, 0.4) is 0 Å². The van der Waals surface area contributed by atoms with Crippen molar-refractivity contribution in [3.63, 3.8) is 0 Å². The predicted molar refractivity (Wildman–Crippen MR) is 99.5 cm³/mol. The fourth-order valence-electron chi connectivity index (χ4n) is 3.36. The summed E-state index contributed by atoms with van der Waals surface area (Å²) >= 11 is 0. The molecule has 1 aliphatic rings. The van der Waals surface area contributed by atoms with Crippen molar-refractivity contribution in [1.29, 1.82) is 0 Å². The van der Waals surface area contributed by atoms with Gasteiger partial charge in [0.05, 0.1) is 12.1 Å². The molecule has 140 valence electrons. The van der Waals surface area contributed by atoms with Crippen LogP contribution >= 0.6 is 0 Å². The molecular weight excluding hydrogens is 316 g/mol. The molecule has 0 saturated carbocycles. The minimum absolute atomic E-state index is 0.161. The van der Waals surface area contributed by atoms with E-state index in [0.29, 0.717) is 0 Å². The van der Waals surface area contributed by atoms with Crippen molar-refractivity contribution in [3.8, 4) is 0 Å². The van der Waals surface area contributed by atoms with Crippen LogP contribution in [-0.2, 0) is 4.74 Å². The van der Waals surface area contributed by atoms with Gasteiger partial charge in [-0.05, 0) is 72.2 Å². The van der Waals surface area contributed by atoms with E-state index >= 15 is 0 Å². The van der Waals surface area contributed by atoms with E-state index < -0.39 is 17.8 Å². The first-order chi connectivity index (χ1) is 11.5. The number of nitrogens with one attached hydrogen (secondary N) is 1. The average molecular weight is 348 g/mol. The molecule has 1 amide bonds. The van der Waals surface area contributed by atoms with Gasteiger partial charge in [0.25, 0.3) is 0 Å². The number of amides is 1. The maximum Gasteiger partial charge on any atom is 0.408 e. The lowest BCUT2D eigenvalue weighted by Crippen LogP contribution is -2.43. The number of nitrogens with zero attached hydrogens (tertiary/aromatic N) is 1. The van der Waals surface area contributed by atoms with E-state index in [1.165, 1.54) is 0 Å². The zero-order valence-corrected chi connectivity index (χ0v) is 16.3. The first-order valence-electron chi connectivity index (χ1n) is 9.01. The predicted octanol–water partition coefficient (Wildman–Crippen LogP) is 3.79. The Hall–Kier alpha value is -1.59. The van der Waals surface area contributed by atoms with E-state index in [1.54, 1.807) is 0 Å². The van der Waals surface area contributed by atoms with Crippen LogP contribution in [0.4, 0.5) is 4.79 Å². The van der Waals surface area contributed by atoms with Crippen molar-refractivity contribution in [2.75, 3.05) is 13.6 Å². The monoisotopic (exact) mass is 348 g/mol. The molecule has 3 atom stereocenters. The van der Waals surface area contributed by atoms with Gasteiger partial charge < -0.3 is 15.2 Å². The quantitative estimate of drug-likeness (QED) is 0.869. The molecule has 1 saturated heterocycles. The minimum atomic E-state index is -0.525. The fraction of sp³-hybridized carbons (Fsp3) is 0.650. The van der Waals surface area contributed by atoms with E-state index in [9.17, 15) is 9.90 Å². The summed E-state index contributed by atoms with van der Waals surface area (Å²) in [5.41, 5.74) is 1.15. The van der Waals surface area contributed by atoms with Gasteiger partial charge in [-0.1, -0.05) is 24.3 Å². The second-order valence-corrected chi connectivity index (χ2v) is 8.32. The third-order valence-corrected chi connectivity index (χ3v) is 5.12. The van der Waals surface area contributed by atoms with Gasteiger partial charge in [-0.2, -0.15) is 0 Å². The van der Waals surface area contributed by atoms with E-state index in [1.807, 2.05) is 52.0 Å². The van der Waals surface area contributed by atoms with Crippen LogP contribution < -0.4 is 5.32 Å². The Kier molecular flexibility index (Phi) is 5.79. The smallest absolute Gasteiger partial charge is 0.408 e. The normalized spacial score (nSPS) is 24.0. The van der Waals surface area contributed by atoms with Crippen LogP contribution in [0.15, 0.2) is 24.3 Å². The number of likely N-dealkylation sites (tertiary alicyclic amines) is 1. The fourth-order valence-corrected chi connectivity index (χ4v) is 3.36. The molecule has 1 aliphatic heterocycles. The number of rotatable bonds is 4. The van der Waals surface area contributed by atoms with Crippen LogP contribution in [0.1, 0.15) is 70.7 Å². The van der Waals surface area contributed by atoms with Gasteiger partial charge in [0.1, 0.15) is 5.60 Å². The molecule has 0 aliphatic carbocycles. The Balaban J connectivity index is 2.03. The van der Waals surface area contributed by atoms with Crippen LogP contribution in [0.25, 0.3) is 0 Å². The highest BCUT2D eigenvalue weighted by atomic mass is 16.6. The van der Waals surface area contributed by atoms with E-state index in [-0.39, 0.29) is 11.6 Å². The van der Waals surface area contributed by atoms with Crippen molar-refractivity contribution in [3.05, 3.63) is 35.4 Å². The number of hydrogen-bond acceptors (Lipinski definition) is 4. The van der Waals surface area contributed by atoms with Gasteiger partial charge in [0.2, 0.25) is 0 Å². The highest BCUT2D eigenvalue weighted by molar-refractivity contribution is 5.68. The number of carbonyl (C=O) groups is 1. The lowest BCUT2D eigenvalue weighted by atomic mass is 9.86. The molecule has 1 unspecified atom stereocenters. The van der Waals surface area contributed by atoms with Gasteiger partial charge >= 0.3 is 6.09 Å². The van der Waals surface area contributed by atoms with Crippen molar-refractivity contribution in [1.82, 2.24) is 10.2 Å². The third kappa shape index (κ3) is 4.73. The Morgan fingerprint density at radius 3 is 2.32 bits per heavy atom. The SMILES string of the molecule is C[C@H](NC(=O)OC(C)(C)C)c1ccc(C(O)[C@]2(C)CCCN2C)cc1. The van der Waals surface area contributed by atoms with Crippen LogP contribution in [-0.4, -0.2) is 40.8 Å². The molecule has 1 aromatic carbocycles. The number of ether oxygens (including phenoxy) is 1. The Labute approximate surface area is 151 Å². The molecule has 2 rings (SSSR count). The Bertz CT molecular complexity index is 594. The second kappa shape index (κ2) is 7.34. The van der Waals surface area contributed by atoms with Crippen molar-refractivity contribution < 1.29 is 14.6 Å². The summed E-state index contributed by atoms with van der Waals surface area (Å²) in [5.74, 6) is 0. The summed E-state index contributed by atoms with van der Waals surface area (Å²) in [6.07, 6.45) is 1.15. The largest absolute Gasteiger partial charge is 0.444 e. The maximum atomic E-state index is 11.9. The molecule has 5 nitrogen and oxygen atoms in total. The molecule has 0 spiro atoms.